The lowest BCUT2D eigenvalue weighted by Gasteiger charge is -2.41. The molecule has 0 radical (unpaired) electrons. The third-order valence-electron chi connectivity index (χ3n) is 3.52. The van der Waals surface area contributed by atoms with Crippen LogP contribution < -0.4 is 4.90 Å². The number of hydrogen-bond acceptors (Lipinski definition) is 2. The minimum Gasteiger partial charge on any atom is -0.369 e. The molecule has 0 N–H and O–H groups in total. The van der Waals surface area contributed by atoms with Gasteiger partial charge in [0.15, 0.2) is 0 Å². The van der Waals surface area contributed by atoms with E-state index in [1.54, 1.807) is 0 Å². The summed E-state index contributed by atoms with van der Waals surface area (Å²) < 4.78 is 0. The lowest BCUT2D eigenvalue weighted by molar-refractivity contribution is 0.190. The van der Waals surface area contributed by atoms with Gasteiger partial charge in [-0.25, -0.2) is 0 Å². The van der Waals surface area contributed by atoms with Gasteiger partial charge in [-0.05, 0) is 38.1 Å². The first kappa shape index (κ1) is 14.0. The Morgan fingerprint density at radius 1 is 1.33 bits per heavy atom. The second kappa shape index (κ2) is 6.65. The molecule has 1 heterocycles. The van der Waals surface area contributed by atoms with Crippen LogP contribution in [0.5, 0.6) is 0 Å². The predicted molar refractivity (Wildman–Crippen MR) is 80.0 cm³/mol. The van der Waals surface area contributed by atoms with Crippen molar-refractivity contribution in [3.05, 3.63) is 29.3 Å². The van der Waals surface area contributed by atoms with E-state index in [-0.39, 0.29) is 0 Å². The molecule has 0 spiro atoms. The van der Waals surface area contributed by atoms with Crippen molar-refractivity contribution in [2.45, 2.75) is 19.4 Å². The van der Waals surface area contributed by atoms with Crippen molar-refractivity contribution in [3.63, 3.8) is 0 Å². The maximum Gasteiger partial charge on any atom is 0.0426 e. The molecule has 1 saturated heterocycles. The molecule has 0 unspecified atom stereocenters. The van der Waals surface area contributed by atoms with Crippen molar-refractivity contribution in [2.24, 2.45) is 0 Å². The van der Waals surface area contributed by atoms with Crippen LogP contribution in [-0.2, 0) is 0 Å². The molecule has 1 atom stereocenters. The largest absolute Gasteiger partial charge is 0.369 e. The fourth-order valence-corrected chi connectivity index (χ4v) is 2.80. The van der Waals surface area contributed by atoms with Gasteiger partial charge < -0.3 is 4.90 Å². The third-order valence-corrected chi connectivity index (χ3v) is 4.02. The number of halogens is 2. The molecule has 1 aromatic carbocycles. The highest BCUT2D eigenvalue weighted by Gasteiger charge is 2.23. The Hall–Kier alpha value is -0.440. The summed E-state index contributed by atoms with van der Waals surface area (Å²) in [5.74, 6) is 0.751. The summed E-state index contributed by atoms with van der Waals surface area (Å²) in [7, 11) is 0. The van der Waals surface area contributed by atoms with Gasteiger partial charge in [0.05, 0.1) is 0 Å². The Kier molecular flexibility index (Phi) is 5.16. The molecular weight excluding hydrogens is 267 g/mol. The minimum absolute atomic E-state index is 0.570. The Morgan fingerprint density at radius 3 is 2.83 bits per heavy atom. The van der Waals surface area contributed by atoms with Crippen LogP contribution in [0.1, 0.15) is 13.3 Å². The van der Waals surface area contributed by atoms with Crippen molar-refractivity contribution < 1.29 is 0 Å². The standard InChI is InChI=1S/C14H20Cl2N2/c1-12-11-18(9-8-17(12)7-3-6-15)14-5-2-4-13(16)10-14/h2,4-5,10,12H,3,6-9,11H2,1H3/t12-/m0/s1. The van der Waals surface area contributed by atoms with E-state index >= 15 is 0 Å². The zero-order valence-corrected chi connectivity index (χ0v) is 12.3. The predicted octanol–water partition coefficient (Wildman–Crippen LogP) is 3.48. The van der Waals surface area contributed by atoms with E-state index in [0.717, 1.165) is 43.5 Å². The van der Waals surface area contributed by atoms with Gasteiger partial charge in [-0.3, -0.25) is 4.90 Å². The summed E-state index contributed by atoms with van der Waals surface area (Å²) in [6.07, 6.45) is 1.07. The summed E-state index contributed by atoms with van der Waals surface area (Å²) in [5.41, 5.74) is 1.23. The summed E-state index contributed by atoms with van der Waals surface area (Å²) in [6, 6.07) is 8.68. The van der Waals surface area contributed by atoms with Crippen LogP contribution in [0, 0.1) is 0 Å². The average Bonchev–Trinajstić information content (AvgIpc) is 2.37. The van der Waals surface area contributed by atoms with Crippen LogP contribution in [-0.4, -0.2) is 43.0 Å². The van der Waals surface area contributed by atoms with Crippen LogP contribution in [0.4, 0.5) is 5.69 Å². The van der Waals surface area contributed by atoms with Crippen molar-refractivity contribution in [2.75, 3.05) is 37.0 Å². The minimum atomic E-state index is 0.570. The van der Waals surface area contributed by atoms with Crippen LogP contribution in [0.15, 0.2) is 24.3 Å². The molecule has 1 fully saturated rings. The third kappa shape index (κ3) is 3.53. The van der Waals surface area contributed by atoms with Gasteiger partial charge in [-0.1, -0.05) is 17.7 Å². The van der Waals surface area contributed by atoms with Crippen molar-refractivity contribution in [1.82, 2.24) is 4.90 Å². The lowest BCUT2D eigenvalue weighted by atomic mass is 10.1. The zero-order valence-electron chi connectivity index (χ0n) is 10.8. The Labute approximate surface area is 119 Å². The van der Waals surface area contributed by atoms with Gasteiger partial charge in [-0.2, -0.15) is 0 Å². The highest BCUT2D eigenvalue weighted by Crippen LogP contribution is 2.22. The second-order valence-corrected chi connectivity index (χ2v) is 5.67. The molecular formula is C14H20Cl2N2. The molecule has 2 nitrogen and oxygen atoms in total. The number of alkyl halides is 1. The molecule has 0 aromatic heterocycles. The van der Waals surface area contributed by atoms with E-state index in [0.29, 0.717) is 6.04 Å². The number of hydrogen-bond donors (Lipinski definition) is 0. The first-order valence-corrected chi connectivity index (χ1v) is 7.42. The molecule has 0 bridgehead atoms. The molecule has 2 rings (SSSR count). The van der Waals surface area contributed by atoms with E-state index in [4.69, 9.17) is 23.2 Å². The number of anilines is 1. The highest BCUT2D eigenvalue weighted by molar-refractivity contribution is 6.30. The molecule has 0 saturated carbocycles. The van der Waals surface area contributed by atoms with E-state index < -0.39 is 0 Å². The van der Waals surface area contributed by atoms with Crippen molar-refractivity contribution in [1.29, 1.82) is 0 Å². The topological polar surface area (TPSA) is 6.48 Å². The number of nitrogens with zero attached hydrogens (tertiary/aromatic N) is 2. The van der Waals surface area contributed by atoms with Crippen molar-refractivity contribution >= 4 is 28.9 Å². The Bertz CT molecular complexity index is 384. The maximum absolute atomic E-state index is 6.05. The molecule has 100 valence electrons. The fraction of sp³-hybridized carbons (Fsp3) is 0.571. The summed E-state index contributed by atoms with van der Waals surface area (Å²) in [4.78, 5) is 4.93. The van der Waals surface area contributed by atoms with Crippen LogP contribution in [0.25, 0.3) is 0 Å². The smallest absolute Gasteiger partial charge is 0.0426 e. The summed E-state index contributed by atoms with van der Waals surface area (Å²) >= 11 is 11.8. The average molecular weight is 287 g/mol. The Morgan fingerprint density at radius 2 is 2.17 bits per heavy atom. The molecule has 0 amide bonds. The van der Waals surface area contributed by atoms with Gasteiger partial charge in [0.1, 0.15) is 0 Å². The molecule has 1 aliphatic rings. The first-order valence-electron chi connectivity index (χ1n) is 6.51. The quantitative estimate of drug-likeness (QED) is 0.782. The van der Waals surface area contributed by atoms with E-state index in [1.807, 2.05) is 18.2 Å². The van der Waals surface area contributed by atoms with E-state index in [9.17, 15) is 0 Å². The summed E-state index contributed by atoms with van der Waals surface area (Å²) in [5, 5.41) is 0.810. The first-order chi connectivity index (χ1) is 8.70. The van der Waals surface area contributed by atoms with E-state index in [1.165, 1.54) is 5.69 Å². The molecule has 4 heteroatoms. The number of rotatable bonds is 4. The van der Waals surface area contributed by atoms with E-state index in [2.05, 4.69) is 22.8 Å². The van der Waals surface area contributed by atoms with Gasteiger partial charge >= 0.3 is 0 Å². The van der Waals surface area contributed by atoms with Gasteiger partial charge in [-0.15, -0.1) is 11.6 Å². The van der Waals surface area contributed by atoms with Gasteiger partial charge in [0, 0.05) is 42.3 Å². The number of benzene rings is 1. The second-order valence-electron chi connectivity index (χ2n) is 4.85. The SMILES string of the molecule is C[C@H]1CN(c2cccc(Cl)c2)CCN1CCCCl. The highest BCUT2D eigenvalue weighted by atomic mass is 35.5. The maximum atomic E-state index is 6.05. The normalized spacial score (nSPS) is 21.3. The van der Waals surface area contributed by atoms with Crippen LogP contribution >= 0.6 is 23.2 Å². The fourth-order valence-electron chi connectivity index (χ4n) is 2.50. The van der Waals surface area contributed by atoms with Crippen LogP contribution in [0.2, 0.25) is 5.02 Å². The molecule has 1 aromatic rings. The van der Waals surface area contributed by atoms with Crippen molar-refractivity contribution in [3.8, 4) is 0 Å². The monoisotopic (exact) mass is 286 g/mol. The van der Waals surface area contributed by atoms with Gasteiger partial charge in [0.2, 0.25) is 0 Å². The number of piperazine rings is 1. The molecule has 1 aliphatic heterocycles. The molecule has 18 heavy (non-hydrogen) atoms. The summed E-state index contributed by atoms with van der Waals surface area (Å²) in [6.45, 7) is 6.61. The zero-order chi connectivity index (χ0) is 13.0. The van der Waals surface area contributed by atoms with Crippen LogP contribution in [0.3, 0.4) is 0 Å². The Balaban J connectivity index is 1.95. The van der Waals surface area contributed by atoms with Gasteiger partial charge in [0.25, 0.3) is 0 Å². The lowest BCUT2D eigenvalue weighted by Crippen LogP contribution is -2.52. The molecule has 0 aliphatic carbocycles.